The van der Waals surface area contributed by atoms with E-state index < -0.39 is 0 Å². The van der Waals surface area contributed by atoms with Crippen molar-refractivity contribution >= 4 is 6.08 Å². The summed E-state index contributed by atoms with van der Waals surface area (Å²) in [6, 6.07) is 10.3. The summed E-state index contributed by atoms with van der Waals surface area (Å²) in [5, 5.41) is 0. The first-order valence-corrected chi connectivity index (χ1v) is 5.17. The van der Waals surface area contributed by atoms with Crippen molar-refractivity contribution in [2.24, 2.45) is 0 Å². The van der Waals surface area contributed by atoms with Gasteiger partial charge in [-0.2, -0.15) is 0 Å². The Kier molecular flexibility index (Phi) is 5.02. The van der Waals surface area contributed by atoms with Crippen LogP contribution in [0.25, 0.3) is 6.08 Å². The number of benzene rings is 1. The average molecular weight is 190 g/mol. The van der Waals surface area contributed by atoms with E-state index in [0.717, 1.165) is 13.0 Å². The predicted octanol–water partition coefficient (Wildman–Crippen LogP) is 3.51. The van der Waals surface area contributed by atoms with Gasteiger partial charge < -0.3 is 4.74 Å². The van der Waals surface area contributed by atoms with Crippen molar-refractivity contribution in [2.75, 3.05) is 6.61 Å². The topological polar surface area (TPSA) is 9.23 Å². The normalized spacial score (nSPS) is 13.3. The van der Waals surface area contributed by atoms with E-state index >= 15 is 0 Å². The molecule has 0 spiro atoms. The highest BCUT2D eigenvalue weighted by atomic mass is 16.5. The summed E-state index contributed by atoms with van der Waals surface area (Å²) in [5.41, 5.74) is 1.22. The number of ether oxygens (including phenoxy) is 1. The molecule has 0 aliphatic heterocycles. The van der Waals surface area contributed by atoms with Crippen LogP contribution in [0.5, 0.6) is 0 Å². The molecule has 0 N–H and O–H groups in total. The maximum Gasteiger partial charge on any atom is 0.0730 e. The molecule has 1 nitrogen and oxygen atoms in total. The minimum Gasteiger partial charge on any atom is -0.374 e. The average Bonchev–Trinajstić information content (AvgIpc) is 2.25. The number of hydrogen-bond donors (Lipinski definition) is 0. The van der Waals surface area contributed by atoms with E-state index in [4.69, 9.17) is 4.74 Å². The SMILES string of the molecule is CCCOC(C)C=Cc1ccccc1. The molecular weight excluding hydrogens is 172 g/mol. The van der Waals surface area contributed by atoms with Crippen molar-refractivity contribution in [1.29, 1.82) is 0 Å². The largest absolute Gasteiger partial charge is 0.374 e. The van der Waals surface area contributed by atoms with Gasteiger partial charge in [0, 0.05) is 6.61 Å². The summed E-state index contributed by atoms with van der Waals surface area (Å²) < 4.78 is 5.53. The molecule has 0 amide bonds. The highest BCUT2D eigenvalue weighted by molar-refractivity contribution is 5.49. The predicted molar refractivity (Wildman–Crippen MR) is 61.2 cm³/mol. The van der Waals surface area contributed by atoms with Crippen LogP contribution in [0.1, 0.15) is 25.8 Å². The Balaban J connectivity index is 2.39. The zero-order valence-electron chi connectivity index (χ0n) is 8.94. The molecule has 0 bridgehead atoms. The number of rotatable bonds is 5. The van der Waals surface area contributed by atoms with Gasteiger partial charge in [-0.1, -0.05) is 49.4 Å². The van der Waals surface area contributed by atoms with Gasteiger partial charge in [0.2, 0.25) is 0 Å². The van der Waals surface area contributed by atoms with Crippen LogP contribution < -0.4 is 0 Å². The van der Waals surface area contributed by atoms with Crippen LogP contribution in [0.15, 0.2) is 36.4 Å². The molecule has 0 heterocycles. The number of hydrogen-bond acceptors (Lipinski definition) is 1. The molecule has 1 atom stereocenters. The van der Waals surface area contributed by atoms with Crippen molar-refractivity contribution in [3.05, 3.63) is 42.0 Å². The first kappa shape index (κ1) is 11.0. The zero-order valence-corrected chi connectivity index (χ0v) is 8.94. The summed E-state index contributed by atoms with van der Waals surface area (Å²) in [4.78, 5) is 0. The Morgan fingerprint density at radius 2 is 2.00 bits per heavy atom. The third-order valence-corrected chi connectivity index (χ3v) is 1.94. The van der Waals surface area contributed by atoms with Gasteiger partial charge in [0.25, 0.3) is 0 Å². The van der Waals surface area contributed by atoms with Gasteiger partial charge in [-0.25, -0.2) is 0 Å². The van der Waals surface area contributed by atoms with Crippen LogP contribution in [0.2, 0.25) is 0 Å². The second-order valence-corrected chi connectivity index (χ2v) is 3.35. The van der Waals surface area contributed by atoms with Crippen LogP contribution in [0.4, 0.5) is 0 Å². The Morgan fingerprint density at radius 1 is 1.29 bits per heavy atom. The van der Waals surface area contributed by atoms with Crippen molar-refractivity contribution in [1.82, 2.24) is 0 Å². The van der Waals surface area contributed by atoms with Gasteiger partial charge in [-0.05, 0) is 18.9 Å². The van der Waals surface area contributed by atoms with Crippen molar-refractivity contribution in [3.8, 4) is 0 Å². The molecule has 0 saturated heterocycles. The van der Waals surface area contributed by atoms with E-state index in [0.29, 0.717) is 0 Å². The molecule has 0 aromatic heterocycles. The molecule has 0 aliphatic carbocycles. The van der Waals surface area contributed by atoms with Gasteiger partial charge in [-0.15, -0.1) is 0 Å². The van der Waals surface area contributed by atoms with Crippen LogP contribution in [0.3, 0.4) is 0 Å². The first-order valence-electron chi connectivity index (χ1n) is 5.17. The van der Waals surface area contributed by atoms with E-state index in [9.17, 15) is 0 Å². The van der Waals surface area contributed by atoms with Crippen molar-refractivity contribution in [3.63, 3.8) is 0 Å². The smallest absolute Gasteiger partial charge is 0.0730 e. The molecule has 76 valence electrons. The summed E-state index contributed by atoms with van der Waals surface area (Å²) >= 11 is 0. The van der Waals surface area contributed by atoms with E-state index in [1.54, 1.807) is 0 Å². The maximum absolute atomic E-state index is 5.53. The molecular formula is C13H18O. The standard InChI is InChI=1S/C13H18O/c1-3-11-14-12(2)9-10-13-7-5-4-6-8-13/h4-10,12H,3,11H2,1-2H3. The Hall–Kier alpha value is -1.08. The lowest BCUT2D eigenvalue weighted by Crippen LogP contribution is -2.04. The molecule has 0 radical (unpaired) electrons. The van der Waals surface area contributed by atoms with Crippen molar-refractivity contribution < 1.29 is 4.74 Å². The lowest BCUT2D eigenvalue weighted by atomic mass is 10.2. The van der Waals surface area contributed by atoms with Crippen molar-refractivity contribution in [2.45, 2.75) is 26.4 Å². The second-order valence-electron chi connectivity index (χ2n) is 3.35. The summed E-state index contributed by atoms with van der Waals surface area (Å²) in [6.07, 6.45) is 5.46. The van der Waals surface area contributed by atoms with E-state index in [1.165, 1.54) is 5.56 Å². The third-order valence-electron chi connectivity index (χ3n) is 1.94. The fraction of sp³-hybridized carbons (Fsp3) is 0.385. The van der Waals surface area contributed by atoms with Gasteiger partial charge in [0.15, 0.2) is 0 Å². The minimum absolute atomic E-state index is 0.204. The van der Waals surface area contributed by atoms with Gasteiger partial charge in [0.1, 0.15) is 0 Å². The molecule has 14 heavy (non-hydrogen) atoms. The van der Waals surface area contributed by atoms with Gasteiger partial charge in [0.05, 0.1) is 6.10 Å². The third kappa shape index (κ3) is 4.24. The molecule has 1 aromatic carbocycles. The fourth-order valence-electron chi connectivity index (χ4n) is 1.17. The molecule has 0 aliphatic rings. The summed E-state index contributed by atoms with van der Waals surface area (Å²) in [6.45, 7) is 5.02. The summed E-state index contributed by atoms with van der Waals surface area (Å²) in [5.74, 6) is 0. The molecule has 1 unspecified atom stereocenters. The Labute approximate surface area is 86.4 Å². The van der Waals surface area contributed by atoms with Crippen LogP contribution >= 0.6 is 0 Å². The zero-order chi connectivity index (χ0) is 10.2. The lowest BCUT2D eigenvalue weighted by Gasteiger charge is -2.06. The van der Waals surface area contributed by atoms with E-state index in [2.05, 4.69) is 38.1 Å². The highest BCUT2D eigenvalue weighted by Crippen LogP contribution is 2.03. The highest BCUT2D eigenvalue weighted by Gasteiger charge is 1.94. The maximum atomic E-state index is 5.53. The van der Waals surface area contributed by atoms with Crippen LogP contribution in [-0.4, -0.2) is 12.7 Å². The molecule has 1 heteroatoms. The fourth-order valence-corrected chi connectivity index (χ4v) is 1.17. The Morgan fingerprint density at radius 3 is 2.64 bits per heavy atom. The van der Waals surface area contributed by atoms with E-state index in [1.807, 2.05) is 18.2 Å². The van der Waals surface area contributed by atoms with Crippen LogP contribution in [0, 0.1) is 0 Å². The molecule has 0 fully saturated rings. The molecule has 0 saturated carbocycles. The van der Waals surface area contributed by atoms with Gasteiger partial charge in [-0.3, -0.25) is 0 Å². The minimum atomic E-state index is 0.204. The molecule has 1 aromatic rings. The Bertz CT molecular complexity index is 264. The first-order chi connectivity index (χ1) is 6.83. The summed E-state index contributed by atoms with van der Waals surface area (Å²) in [7, 11) is 0. The quantitative estimate of drug-likeness (QED) is 0.690. The van der Waals surface area contributed by atoms with Gasteiger partial charge >= 0.3 is 0 Å². The lowest BCUT2D eigenvalue weighted by molar-refractivity contribution is 0.0985. The van der Waals surface area contributed by atoms with Crippen LogP contribution in [-0.2, 0) is 4.74 Å². The second kappa shape index (κ2) is 6.39. The molecule has 1 rings (SSSR count). The monoisotopic (exact) mass is 190 g/mol. The van der Waals surface area contributed by atoms with E-state index in [-0.39, 0.29) is 6.10 Å².